The molecule has 0 aliphatic carbocycles. The zero-order valence-electron chi connectivity index (χ0n) is 15.6. The fourth-order valence-corrected chi connectivity index (χ4v) is 2.77. The first kappa shape index (κ1) is 18.4. The van der Waals surface area contributed by atoms with Crippen molar-refractivity contribution in [2.45, 2.75) is 27.3 Å². The number of carbonyl (C=O) groups is 1. The average molecular weight is 366 g/mol. The van der Waals surface area contributed by atoms with Crippen LogP contribution in [0.3, 0.4) is 0 Å². The minimum atomic E-state index is -0.489. The fraction of sp³-hybridized carbons (Fsp3) is 0.250. The van der Waals surface area contributed by atoms with Gasteiger partial charge >= 0.3 is 6.09 Å². The Labute approximate surface area is 157 Å². The quantitative estimate of drug-likeness (QED) is 0.722. The molecule has 3 aromatic rings. The van der Waals surface area contributed by atoms with E-state index in [4.69, 9.17) is 4.74 Å². The topological polar surface area (TPSA) is 84.7 Å². The molecule has 2 N–H and O–H groups in total. The van der Waals surface area contributed by atoms with Crippen LogP contribution in [0.25, 0.3) is 5.65 Å². The standard InChI is InChI=1S/C20H22N4O3/c1-4-27-20(26)23-17-7-5-6-16(14(17)3)21-11-15-10-19(25)24-12-13(2)8-9-18(24)22-15/h5-10,12,21H,4,11H2,1-3H3,(H,23,26). The molecule has 27 heavy (non-hydrogen) atoms. The second-order valence-electron chi connectivity index (χ2n) is 6.20. The van der Waals surface area contributed by atoms with E-state index in [1.165, 1.54) is 10.5 Å². The van der Waals surface area contributed by atoms with Crippen molar-refractivity contribution in [3.8, 4) is 0 Å². The molecule has 2 heterocycles. The summed E-state index contributed by atoms with van der Waals surface area (Å²) in [5.74, 6) is 0. The normalized spacial score (nSPS) is 10.6. The Hall–Kier alpha value is -3.35. The number of hydrogen-bond donors (Lipinski definition) is 2. The van der Waals surface area contributed by atoms with E-state index in [0.29, 0.717) is 30.2 Å². The maximum Gasteiger partial charge on any atom is 0.411 e. The van der Waals surface area contributed by atoms with Crippen LogP contribution < -0.4 is 16.2 Å². The molecule has 0 saturated heterocycles. The van der Waals surface area contributed by atoms with Crippen LogP contribution in [-0.4, -0.2) is 22.1 Å². The highest BCUT2D eigenvalue weighted by molar-refractivity contribution is 5.87. The van der Waals surface area contributed by atoms with Gasteiger partial charge in [-0.25, -0.2) is 9.78 Å². The Bertz CT molecular complexity index is 1040. The molecule has 3 rings (SSSR count). The Balaban J connectivity index is 1.79. The van der Waals surface area contributed by atoms with Gasteiger partial charge in [0, 0.05) is 23.6 Å². The Morgan fingerprint density at radius 2 is 1.96 bits per heavy atom. The first-order valence-corrected chi connectivity index (χ1v) is 8.74. The van der Waals surface area contributed by atoms with Crippen LogP contribution >= 0.6 is 0 Å². The van der Waals surface area contributed by atoms with Crippen molar-refractivity contribution < 1.29 is 9.53 Å². The van der Waals surface area contributed by atoms with Crippen molar-refractivity contribution in [3.05, 3.63) is 69.8 Å². The highest BCUT2D eigenvalue weighted by Crippen LogP contribution is 2.24. The van der Waals surface area contributed by atoms with Crippen LogP contribution in [0.5, 0.6) is 0 Å². The number of fused-ring (bicyclic) bond motifs is 1. The molecule has 0 aliphatic rings. The van der Waals surface area contributed by atoms with E-state index in [9.17, 15) is 9.59 Å². The summed E-state index contributed by atoms with van der Waals surface area (Å²) in [7, 11) is 0. The third-order valence-corrected chi connectivity index (χ3v) is 4.17. The Morgan fingerprint density at radius 3 is 2.74 bits per heavy atom. The van der Waals surface area contributed by atoms with E-state index in [-0.39, 0.29) is 5.56 Å². The van der Waals surface area contributed by atoms with Crippen LogP contribution in [0.1, 0.15) is 23.7 Å². The summed E-state index contributed by atoms with van der Waals surface area (Å²) < 4.78 is 6.45. The van der Waals surface area contributed by atoms with Crippen molar-refractivity contribution in [1.82, 2.24) is 9.38 Å². The predicted molar refractivity (Wildman–Crippen MR) is 105 cm³/mol. The number of aromatic nitrogens is 2. The van der Waals surface area contributed by atoms with Gasteiger partial charge in [-0.15, -0.1) is 0 Å². The van der Waals surface area contributed by atoms with Crippen molar-refractivity contribution >= 4 is 23.1 Å². The van der Waals surface area contributed by atoms with Crippen molar-refractivity contribution in [2.24, 2.45) is 0 Å². The molecule has 0 unspecified atom stereocenters. The zero-order valence-corrected chi connectivity index (χ0v) is 15.6. The van der Waals surface area contributed by atoms with Crippen molar-refractivity contribution in [2.75, 3.05) is 17.2 Å². The summed E-state index contributed by atoms with van der Waals surface area (Å²) in [5, 5.41) is 5.99. The second-order valence-corrected chi connectivity index (χ2v) is 6.20. The first-order chi connectivity index (χ1) is 13.0. The predicted octanol–water partition coefficient (Wildman–Crippen LogP) is 3.49. The van der Waals surface area contributed by atoms with Gasteiger partial charge in [0.2, 0.25) is 0 Å². The highest BCUT2D eigenvalue weighted by Gasteiger charge is 2.09. The summed E-state index contributed by atoms with van der Waals surface area (Å²) in [5.41, 5.74) is 4.52. The van der Waals surface area contributed by atoms with Gasteiger partial charge in [-0.05, 0) is 50.1 Å². The molecular formula is C20H22N4O3. The van der Waals surface area contributed by atoms with Crippen molar-refractivity contribution in [1.29, 1.82) is 0 Å². The number of aryl methyl sites for hydroxylation is 1. The molecule has 7 heteroatoms. The van der Waals surface area contributed by atoms with Crippen LogP contribution in [0.4, 0.5) is 16.2 Å². The van der Waals surface area contributed by atoms with E-state index in [1.54, 1.807) is 19.2 Å². The fourth-order valence-electron chi connectivity index (χ4n) is 2.77. The Morgan fingerprint density at radius 1 is 1.19 bits per heavy atom. The molecule has 1 aromatic carbocycles. The largest absolute Gasteiger partial charge is 0.450 e. The maximum atomic E-state index is 12.3. The number of hydrogen-bond acceptors (Lipinski definition) is 5. The number of pyridine rings is 1. The number of carbonyl (C=O) groups excluding carboxylic acids is 1. The molecule has 7 nitrogen and oxygen atoms in total. The molecule has 0 fully saturated rings. The third-order valence-electron chi connectivity index (χ3n) is 4.17. The molecule has 0 spiro atoms. The molecule has 0 atom stereocenters. The molecule has 0 radical (unpaired) electrons. The Kier molecular flexibility index (Phi) is 5.40. The van der Waals surface area contributed by atoms with Gasteiger partial charge in [0.05, 0.1) is 18.8 Å². The first-order valence-electron chi connectivity index (χ1n) is 8.74. The molecular weight excluding hydrogens is 344 g/mol. The number of ether oxygens (including phenoxy) is 1. The molecule has 2 aromatic heterocycles. The lowest BCUT2D eigenvalue weighted by Gasteiger charge is -2.14. The van der Waals surface area contributed by atoms with Gasteiger partial charge in [-0.3, -0.25) is 14.5 Å². The maximum absolute atomic E-state index is 12.3. The molecule has 0 bridgehead atoms. The summed E-state index contributed by atoms with van der Waals surface area (Å²) in [6.07, 6.45) is 1.29. The van der Waals surface area contributed by atoms with Gasteiger partial charge in [0.15, 0.2) is 0 Å². The van der Waals surface area contributed by atoms with Gasteiger partial charge < -0.3 is 10.1 Å². The average Bonchev–Trinajstić information content (AvgIpc) is 2.63. The molecule has 0 aliphatic heterocycles. The number of anilines is 2. The summed E-state index contributed by atoms with van der Waals surface area (Å²) in [4.78, 5) is 28.5. The molecule has 140 valence electrons. The molecule has 0 saturated carbocycles. The smallest absolute Gasteiger partial charge is 0.411 e. The highest BCUT2D eigenvalue weighted by atomic mass is 16.5. The number of nitrogens with zero attached hydrogens (tertiary/aromatic N) is 2. The lowest BCUT2D eigenvalue weighted by molar-refractivity contribution is 0.168. The minimum Gasteiger partial charge on any atom is -0.450 e. The SMILES string of the molecule is CCOC(=O)Nc1cccc(NCc2cc(=O)n3cc(C)ccc3n2)c1C. The van der Waals surface area contributed by atoms with E-state index in [1.807, 2.05) is 38.1 Å². The zero-order chi connectivity index (χ0) is 19.4. The number of nitrogens with one attached hydrogen (secondary N) is 2. The lowest BCUT2D eigenvalue weighted by atomic mass is 10.1. The monoisotopic (exact) mass is 366 g/mol. The molecule has 1 amide bonds. The van der Waals surface area contributed by atoms with Gasteiger partial charge in [0.25, 0.3) is 5.56 Å². The van der Waals surface area contributed by atoms with Gasteiger partial charge in [-0.1, -0.05) is 12.1 Å². The second kappa shape index (κ2) is 7.90. The van der Waals surface area contributed by atoms with Crippen LogP contribution in [0.2, 0.25) is 0 Å². The van der Waals surface area contributed by atoms with E-state index in [0.717, 1.165) is 16.8 Å². The summed E-state index contributed by atoms with van der Waals surface area (Å²) in [6, 6.07) is 10.8. The van der Waals surface area contributed by atoms with Crippen LogP contribution in [0, 0.1) is 13.8 Å². The summed E-state index contributed by atoms with van der Waals surface area (Å²) in [6.45, 7) is 6.29. The lowest BCUT2D eigenvalue weighted by Crippen LogP contribution is -2.17. The minimum absolute atomic E-state index is 0.116. The van der Waals surface area contributed by atoms with Crippen molar-refractivity contribution in [3.63, 3.8) is 0 Å². The van der Waals surface area contributed by atoms with Gasteiger partial charge in [0.1, 0.15) is 5.65 Å². The van der Waals surface area contributed by atoms with Crippen LogP contribution in [0.15, 0.2) is 47.4 Å². The van der Waals surface area contributed by atoms with E-state index < -0.39 is 6.09 Å². The van der Waals surface area contributed by atoms with Gasteiger partial charge in [-0.2, -0.15) is 0 Å². The number of amides is 1. The van der Waals surface area contributed by atoms with Crippen LogP contribution in [-0.2, 0) is 11.3 Å². The van der Waals surface area contributed by atoms with E-state index >= 15 is 0 Å². The summed E-state index contributed by atoms with van der Waals surface area (Å²) >= 11 is 0. The van der Waals surface area contributed by atoms with E-state index in [2.05, 4.69) is 15.6 Å². The number of rotatable bonds is 5. The number of benzene rings is 1. The third kappa shape index (κ3) is 4.25.